The maximum absolute atomic E-state index is 5.37. The van der Waals surface area contributed by atoms with Crippen molar-refractivity contribution in [1.82, 2.24) is 9.36 Å². The molecule has 0 spiro atoms. The Labute approximate surface area is 94.2 Å². The second kappa shape index (κ2) is 4.90. The fourth-order valence-electron chi connectivity index (χ4n) is 1.72. The minimum absolute atomic E-state index is 0.421. The standard InChI is InChI=1S/C10H17N3OS/c1-3-9-12-10(15-13-9)11-7(2)8-4-5-14-6-8/h7-8H,3-6H2,1-2H3,(H,11,12,13). The summed E-state index contributed by atoms with van der Waals surface area (Å²) in [6.45, 7) is 6.02. The molecule has 2 unspecified atom stereocenters. The van der Waals surface area contributed by atoms with Crippen LogP contribution in [0.2, 0.25) is 0 Å². The zero-order valence-corrected chi connectivity index (χ0v) is 10.0. The Bertz CT molecular complexity index is 309. The fourth-order valence-corrected chi connectivity index (χ4v) is 2.46. The Kier molecular flexibility index (Phi) is 3.53. The molecule has 1 aromatic rings. The van der Waals surface area contributed by atoms with Crippen LogP contribution < -0.4 is 5.32 Å². The Morgan fingerprint density at radius 1 is 1.67 bits per heavy atom. The normalized spacial score (nSPS) is 22.9. The van der Waals surface area contributed by atoms with Crippen molar-refractivity contribution in [2.75, 3.05) is 18.5 Å². The predicted molar refractivity (Wildman–Crippen MR) is 61.3 cm³/mol. The van der Waals surface area contributed by atoms with Crippen molar-refractivity contribution in [1.29, 1.82) is 0 Å². The molecule has 4 nitrogen and oxygen atoms in total. The number of anilines is 1. The first-order chi connectivity index (χ1) is 7.29. The molecule has 1 saturated heterocycles. The van der Waals surface area contributed by atoms with E-state index in [4.69, 9.17) is 4.74 Å². The average Bonchev–Trinajstić information content (AvgIpc) is 2.87. The van der Waals surface area contributed by atoms with E-state index in [0.29, 0.717) is 12.0 Å². The third-order valence-corrected chi connectivity index (χ3v) is 3.49. The van der Waals surface area contributed by atoms with E-state index in [0.717, 1.165) is 37.0 Å². The Hall–Kier alpha value is -0.680. The van der Waals surface area contributed by atoms with Gasteiger partial charge in [-0.25, -0.2) is 4.98 Å². The van der Waals surface area contributed by atoms with Crippen LogP contribution in [0.15, 0.2) is 0 Å². The summed E-state index contributed by atoms with van der Waals surface area (Å²) < 4.78 is 9.62. The first-order valence-corrected chi connectivity index (χ1v) is 6.23. The molecule has 2 rings (SSSR count). The second-order valence-electron chi connectivity index (χ2n) is 3.93. The summed E-state index contributed by atoms with van der Waals surface area (Å²) in [5, 5.41) is 4.34. The van der Waals surface area contributed by atoms with Crippen LogP contribution in [-0.2, 0) is 11.2 Å². The molecule has 0 saturated carbocycles. The van der Waals surface area contributed by atoms with Crippen LogP contribution in [0.3, 0.4) is 0 Å². The molecule has 5 heteroatoms. The highest BCUT2D eigenvalue weighted by Crippen LogP contribution is 2.21. The Balaban J connectivity index is 1.89. The van der Waals surface area contributed by atoms with Crippen LogP contribution in [-0.4, -0.2) is 28.6 Å². The van der Waals surface area contributed by atoms with E-state index in [9.17, 15) is 0 Å². The van der Waals surface area contributed by atoms with Crippen LogP contribution in [0.25, 0.3) is 0 Å². The summed E-state index contributed by atoms with van der Waals surface area (Å²) in [5.74, 6) is 1.54. The molecule has 1 N–H and O–H groups in total. The van der Waals surface area contributed by atoms with Gasteiger partial charge in [0.2, 0.25) is 5.13 Å². The van der Waals surface area contributed by atoms with Crippen molar-refractivity contribution in [3.63, 3.8) is 0 Å². The molecule has 0 aliphatic carbocycles. The van der Waals surface area contributed by atoms with Gasteiger partial charge in [-0.05, 0) is 13.3 Å². The van der Waals surface area contributed by atoms with Gasteiger partial charge in [-0.15, -0.1) is 0 Å². The maximum atomic E-state index is 5.37. The minimum Gasteiger partial charge on any atom is -0.381 e. The van der Waals surface area contributed by atoms with Crippen molar-refractivity contribution < 1.29 is 4.74 Å². The zero-order valence-electron chi connectivity index (χ0n) is 9.19. The van der Waals surface area contributed by atoms with E-state index < -0.39 is 0 Å². The van der Waals surface area contributed by atoms with Crippen LogP contribution in [0.5, 0.6) is 0 Å². The minimum atomic E-state index is 0.421. The van der Waals surface area contributed by atoms with Gasteiger partial charge in [-0.3, -0.25) is 0 Å². The highest BCUT2D eigenvalue weighted by Gasteiger charge is 2.22. The van der Waals surface area contributed by atoms with Crippen LogP contribution in [0.4, 0.5) is 5.13 Å². The quantitative estimate of drug-likeness (QED) is 0.854. The second-order valence-corrected chi connectivity index (χ2v) is 4.68. The molecule has 2 atom stereocenters. The number of nitrogens with one attached hydrogen (secondary N) is 1. The largest absolute Gasteiger partial charge is 0.381 e. The van der Waals surface area contributed by atoms with Gasteiger partial charge in [0.15, 0.2) is 0 Å². The van der Waals surface area contributed by atoms with E-state index in [1.54, 1.807) is 0 Å². The monoisotopic (exact) mass is 227 g/mol. The molecule has 0 radical (unpaired) electrons. The molecule has 1 fully saturated rings. The summed E-state index contributed by atoms with van der Waals surface area (Å²) in [6, 6.07) is 0.421. The lowest BCUT2D eigenvalue weighted by molar-refractivity contribution is 0.183. The van der Waals surface area contributed by atoms with Gasteiger partial charge in [0.25, 0.3) is 0 Å². The van der Waals surface area contributed by atoms with E-state index in [-0.39, 0.29) is 0 Å². The van der Waals surface area contributed by atoms with Gasteiger partial charge >= 0.3 is 0 Å². The predicted octanol–water partition coefficient (Wildman–Crippen LogP) is 1.94. The Morgan fingerprint density at radius 2 is 2.53 bits per heavy atom. The lowest BCUT2D eigenvalue weighted by Gasteiger charge is -2.17. The molecule has 0 amide bonds. The number of aromatic nitrogens is 2. The fraction of sp³-hybridized carbons (Fsp3) is 0.800. The molecule has 0 aromatic carbocycles. The van der Waals surface area contributed by atoms with Crippen molar-refractivity contribution in [3.05, 3.63) is 5.82 Å². The number of hydrogen-bond acceptors (Lipinski definition) is 5. The topological polar surface area (TPSA) is 47.0 Å². The van der Waals surface area contributed by atoms with Gasteiger partial charge < -0.3 is 10.1 Å². The lowest BCUT2D eigenvalue weighted by Crippen LogP contribution is -2.26. The Morgan fingerprint density at radius 3 is 3.13 bits per heavy atom. The zero-order chi connectivity index (χ0) is 10.7. The molecule has 1 aliphatic rings. The summed E-state index contributed by atoms with van der Waals surface area (Å²) in [6.07, 6.45) is 2.05. The third kappa shape index (κ3) is 2.66. The van der Waals surface area contributed by atoms with E-state index in [1.807, 2.05) is 0 Å². The molecule has 1 aromatic heterocycles. The first-order valence-electron chi connectivity index (χ1n) is 5.46. The van der Waals surface area contributed by atoms with Crippen molar-refractivity contribution >= 4 is 16.7 Å². The summed E-state index contributed by atoms with van der Waals surface area (Å²) in [7, 11) is 0. The summed E-state index contributed by atoms with van der Waals surface area (Å²) in [4.78, 5) is 4.40. The highest BCUT2D eigenvalue weighted by atomic mass is 32.1. The molecular weight excluding hydrogens is 210 g/mol. The van der Waals surface area contributed by atoms with Gasteiger partial charge in [0, 0.05) is 36.5 Å². The molecule has 2 heterocycles. The van der Waals surface area contributed by atoms with Gasteiger partial charge in [-0.2, -0.15) is 4.37 Å². The van der Waals surface area contributed by atoms with Gasteiger partial charge in [0.1, 0.15) is 5.82 Å². The third-order valence-electron chi connectivity index (χ3n) is 2.81. The van der Waals surface area contributed by atoms with E-state index >= 15 is 0 Å². The van der Waals surface area contributed by atoms with E-state index in [2.05, 4.69) is 28.5 Å². The molecular formula is C10H17N3OS. The highest BCUT2D eigenvalue weighted by molar-refractivity contribution is 7.09. The number of hydrogen-bond donors (Lipinski definition) is 1. The van der Waals surface area contributed by atoms with Crippen molar-refractivity contribution in [2.45, 2.75) is 32.7 Å². The number of aryl methyl sites for hydroxylation is 1. The molecule has 15 heavy (non-hydrogen) atoms. The van der Waals surface area contributed by atoms with E-state index in [1.165, 1.54) is 11.5 Å². The smallest absolute Gasteiger partial charge is 0.202 e. The number of nitrogens with zero attached hydrogens (tertiary/aromatic N) is 2. The lowest BCUT2D eigenvalue weighted by atomic mass is 10.0. The molecule has 1 aliphatic heterocycles. The molecule has 0 bridgehead atoms. The maximum Gasteiger partial charge on any atom is 0.202 e. The van der Waals surface area contributed by atoms with Crippen LogP contribution >= 0.6 is 11.5 Å². The van der Waals surface area contributed by atoms with Crippen LogP contribution in [0, 0.1) is 5.92 Å². The first kappa shape index (κ1) is 10.8. The van der Waals surface area contributed by atoms with Gasteiger partial charge in [-0.1, -0.05) is 6.92 Å². The van der Waals surface area contributed by atoms with Crippen molar-refractivity contribution in [2.24, 2.45) is 5.92 Å². The summed E-state index contributed by atoms with van der Waals surface area (Å²) >= 11 is 1.45. The average molecular weight is 227 g/mol. The SMILES string of the molecule is CCc1nsc(NC(C)C2CCOC2)n1. The number of rotatable bonds is 4. The molecule has 84 valence electrons. The number of ether oxygens (including phenoxy) is 1. The van der Waals surface area contributed by atoms with Crippen LogP contribution in [0.1, 0.15) is 26.1 Å². The van der Waals surface area contributed by atoms with Crippen molar-refractivity contribution in [3.8, 4) is 0 Å². The summed E-state index contributed by atoms with van der Waals surface area (Å²) in [5.41, 5.74) is 0. The van der Waals surface area contributed by atoms with Gasteiger partial charge in [0.05, 0.1) is 6.61 Å².